The van der Waals surface area contributed by atoms with E-state index in [1.165, 1.54) is 0 Å². The minimum Gasteiger partial charge on any atom is -0.493 e. The van der Waals surface area contributed by atoms with Gasteiger partial charge in [0, 0.05) is 12.6 Å². The Balaban J connectivity index is 2.47. The van der Waals surface area contributed by atoms with Gasteiger partial charge < -0.3 is 9.47 Å². The normalized spacial score (nSPS) is 15.9. The molecule has 0 saturated carbocycles. The van der Waals surface area contributed by atoms with E-state index in [0.717, 1.165) is 11.3 Å². The Hall–Kier alpha value is -1.17. The van der Waals surface area contributed by atoms with E-state index in [1.807, 2.05) is 12.1 Å². The summed E-state index contributed by atoms with van der Waals surface area (Å²) >= 11 is 5.95. The molecule has 5 nitrogen and oxygen atoms in total. The fraction of sp³-hybridized carbons (Fsp3) is 0.400. The molecule has 0 fully saturated rings. The summed E-state index contributed by atoms with van der Waals surface area (Å²) < 4.78 is 12.1. The molecule has 0 atom stereocenters. The molecule has 0 aromatic heterocycles. The van der Waals surface area contributed by atoms with Crippen LogP contribution in [-0.2, 0) is 6.54 Å². The number of ether oxygens (including phenoxy) is 2. The highest BCUT2D eigenvalue weighted by Crippen LogP contribution is 2.37. The van der Waals surface area contributed by atoms with Crippen LogP contribution in [-0.4, -0.2) is 25.3 Å². The van der Waals surface area contributed by atoms with E-state index in [-0.39, 0.29) is 0 Å². The van der Waals surface area contributed by atoms with Crippen molar-refractivity contribution in [3.63, 3.8) is 0 Å². The van der Waals surface area contributed by atoms with Gasteiger partial charge in [0.15, 0.2) is 11.5 Å². The first-order chi connectivity index (χ1) is 7.65. The Labute approximate surface area is 99.4 Å². The van der Waals surface area contributed by atoms with Crippen molar-refractivity contribution in [2.24, 2.45) is 5.84 Å². The molecule has 1 aromatic carbocycles. The molecule has 0 saturated heterocycles. The van der Waals surface area contributed by atoms with E-state index in [0.29, 0.717) is 24.7 Å². The van der Waals surface area contributed by atoms with Gasteiger partial charge in [-0.3, -0.25) is 5.01 Å². The lowest BCUT2D eigenvalue weighted by Gasteiger charge is -2.32. The van der Waals surface area contributed by atoms with Gasteiger partial charge in [0.1, 0.15) is 6.67 Å². The lowest BCUT2D eigenvalue weighted by molar-refractivity contribution is 0.351. The second-order valence-electron chi connectivity index (χ2n) is 3.57. The van der Waals surface area contributed by atoms with Crippen molar-refractivity contribution in [1.82, 2.24) is 4.42 Å². The molecule has 16 heavy (non-hydrogen) atoms. The van der Waals surface area contributed by atoms with Crippen molar-refractivity contribution in [3.05, 3.63) is 17.7 Å². The van der Waals surface area contributed by atoms with Crippen LogP contribution in [0.25, 0.3) is 0 Å². The number of hydrogen-bond acceptors (Lipinski definition) is 5. The molecule has 0 radical (unpaired) electrons. The van der Waals surface area contributed by atoms with Crippen LogP contribution in [0.2, 0.25) is 0 Å². The molecule has 0 unspecified atom stereocenters. The van der Waals surface area contributed by atoms with Gasteiger partial charge >= 0.3 is 0 Å². The smallest absolute Gasteiger partial charge is 0.162 e. The Bertz CT molecular complexity index is 400. The molecule has 6 heteroatoms. The SMILES string of the molecule is COc1cc2c(cc1OC)N(N)CN(Cl)C2. The van der Waals surface area contributed by atoms with Crippen LogP contribution >= 0.6 is 11.8 Å². The number of anilines is 1. The second-order valence-corrected chi connectivity index (χ2v) is 4.05. The number of benzene rings is 1. The third kappa shape index (κ3) is 1.89. The lowest BCUT2D eigenvalue weighted by Crippen LogP contribution is -2.42. The summed E-state index contributed by atoms with van der Waals surface area (Å²) in [6, 6.07) is 3.75. The number of halogens is 1. The molecule has 2 rings (SSSR count). The number of fused-ring (bicyclic) bond motifs is 1. The molecule has 2 N–H and O–H groups in total. The Kier molecular flexibility index (Phi) is 3.09. The highest BCUT2D eigenvalue weighted by Gasteiger charge is 2.22. The van der Waals surface area contributed by atoms with Crippen LogP contribution in [0, 0.1) is 0 Å². The summed E-state index contributed by atoms with van der Waals surface area (Å²) in [4.78, 5) is 0. The third-order valence-electron chi connectivity index (χ3n) is 2.54. The van der Waals surface area contributed by atoms with Crippen LogP contribution in [0.3, 0.4) is 0 Å². The first kappa shape index (κ1) is 11.3. The van der Waals surface area contributed by atoms with Gasteiger partial charge in [-0.25, -0.2) is 5.84 Å². The van der Waals surface area contributed by atoms with Crippen molar-refractivity contribution in [3.8, 4) is 11.5 Å². The summed E-state index contributed by atoms with van der Waals surface area (Å²) in [5, 5.41) is 1.58. The summed E-state index contributed by atoms with van der Waals surface area (Å²) in [6.07, 6.45) is 0. The minimum absolute atomic E-state index is 0.476. The summed E-state index contributed by atoms with van der Waals surface area (Å²) in [7, 11) is 3.20. The van der Waals surface area contributed by atoms with Crippen LogP contribution in [0.5, 0.6) is 11.5 Å². The molecule has 88 valence electrons. The predicted molar refractivity (Wildman–Crippen MR) is 62.5 cm³/mol. The van der Waals surface area contributed by atoms with Gasteiger partial charge in [-0.2, -0.15) is 4.42 Å². The fourth-order valence-electron chi connectivity index (χ4n) is 1.78. The van der Waals surface area contributed by atoms with Crippen molar-refractivity contribution in [2.75, 3.05) is 25.9 Å². The lowest BCUT2D eigenvalue weighted by atomic mass is 10.1. The van der Waals surface area contributed by atoms with Gasteiger partial charge in [0.25, 0.3) is 0 Å². The molecular formula is C10H14ClN3O2. The quantitative estimate of drug-likeness (QED) is 0.627. The second kappa shape index (κ2) is 4.37. The van der Waals surface area contributed by atoms with Gasteiger partial charge in [0.05, 0.1) is 19.9 Å². The van der Waals surface area contributed by atoms with E-state index in [2.05, 4.69) is 0 Å². The van der Waals surface area contributed by atoms with Gasteiger partial charge in [-0.15, -0.1) is 0 Å². The first-order valence-electron chi connectivity index (χ1n) is 4.83. The number of rotatable bonds is 2. The largest absolute Gasteiger partial charge is 0.493 e. The van der Waals surface area contributed by atoms with E-state index in [4.69, 9.17) is 27.1 Å². The predicted octanol–water partition coefficient (Wildman–Crippen LogP) is 1.31. The molecule has 0 bridgehead atoms. The molecular weight excluding hydrogens is 230 g/mol. The number of nitrogens with two attached hydrogens (primary N) is 1. The molecule has 1 aliphatic heterocycles. The Morgan fingerprint density at radius 2 is 1.88 bits per heavy atom. The first-order valence-corrected chi connectivity index (χ1v) is 5.17. The Morgan fingerprint density at radius 3 is 2.50 bits per heavy atom. The average Bonchev–Trinajstić information content (AvgIpc) is 2.27. The van der Waals surface area contributed by atoms with Crippen LogP contribution in [0.15, 0.2) is 12.1 Å². The van der Waals surface area contributed by atoms with Crippen molar-refractivity contribution in [2.45, 2.75) is 6.54 Å². The van der Waals surface area contributed by atoms with Gasteiger partial charge in [-0.05, 0) is 23.4 Å². The summed E-state index contributed by atoms with van der Waals surface area (Å²) in [5.41, 5.74) is 1.93. The molecule has 0 spiro atoms. The van der Waals surface area contributed by atoms with Crippen molar-refractivity contribution >= 4 is 17.5 Å². The van der Waals surface area contributed by atoms with Crippen LogP contribution < -0.4 is 20.3 Å². The molecule has 0 aliphatic carbocycles. The standard InChI is InChI=1S/C10H14ClN3O2/c1-15-9-3-7-5-13(11)6-14(12)8(7)4-10(9)16-2/h3-4H,5-6,12H2,1-2H3. The maximum atomic E-state index is 5.95. The Morgan fingerprint density at radius 1 is 1.25 bits per heavy atom. The summed E-state index contributed by atoms with van der Waals surface area (Å²) in [6.45, 7) is 1.11. The monoisotopic (exact) mass is 243 g/mol. The maximum absolute atomic E-state index is 5.95. The maximum Gasteiger partial charge on any atom is 0.162 e. The average molecular weight is 244 g/mol. The number of hydrazine groups is 1. The van der Waals surface area contributed by atoms with E-state index in [9.17, 15) is 0 Å². The highest BCUT2D eigenvalue weighted by atomic mass is 35.5. The third-order valence-corrected chi connectivity index (χ3v) is 2.77. The fourth-order valence-corrected chi connectivity index (χ4v) is 2.02. The number of hydrogen-bond donors (Lipinski definition) is 1. The molecule has 1 heterocycles. The zero-order valence-electron chi connectivity index (χ0n) is 9.24. The van der Waals surface area contributed by atoms with Gasteiger partial charge in [-0.1, -0.05) is 0 Å². The van der Waals surface area contributed by atoms with Crippen LogP contribution in [0.4, 0.5) is 5.69 Å². The molecule has 1 aliphatic rings. The zero-order valence-corrected chi connectivity index (χ0v) is 9.99. The minimum atomic E-state index is 0.476. The van der Waals surface area contributed by atoms with E-state index in [1.54, 1.807) is 23.6 Å². The topological polar surface area (TPSA) is 51.0 Å². The van der Waals surface area contributed by atoms with E-state index >= 15 is 0 Å². The zero-order chi connectivity index (χ0) is 11.7. The highest BCUT2D eigenvalue weighted by molar-refractivity contribution is 6.13. The molecule has 1 aromatic rings. The molecule has 0 amide bonds. The van der Waals surface area contributed by atoms with Crippen LogP contribution in [0.1, 0.15) is 5.56 Å². The van der Waals surface area contributed by atoms with E-state index < -0.39 is 0 Å². The van der Waals surface area contributed by atoms with Crippen molar-refractivity contribution in [1.29, 1.82) is 0 Å². The van der Waals surface area contributed by atoms with Crippen molar-refractivity contribution < 1.29 is 9.47 Å². The summed E-state index contributed by atoms with van der Waals surface area (Å²) in [5.74, 6) is 7.21. The van der Waals surface area contributed by atoms with Gasteiger partial charge in [0.2, 0.25) is 0 Å². The number of methoxy groups -OCH3 is 2. The number of nitrogens with zero attached hydrogens (tertiary/aromatic N) is 2.